The zero-order valence-corrected chi connectivity index (χ0v) is 17.8. The molecule has 1 aliphatic rings. The van der Waals surface area contributed by atoms with E-state index in [2.05, 4.69) is 4.98 Å². The Morgan fingerprint density at radius 2 is 2.15 bits per heavy atom. The monoisotopic (exact) mass is 426 g/mol. The summed E-state index contributed by atoms with van der Waals surface area (Å²) in [6.07, 6.45) is 3.97. The minimum Gasteiger partial charge on any atom is -0.336 e. The largest absolute Gasteiger partial charge is 0.336 e. The van der Waals surface area contributed by atoms with Crippen LogP contribution in [-0.4, -0.2) is 48.3 Å². The summed E-state index contributed by atoms with van der Waals surface area (Å²) in [4.78, 5) is 19.1. The Kier molecular flexibility index (Phi) is 6.23. The smallest absolute Gasteiger partial charge is 0.229 e. The average molecular weight is 427 g/mol. The highest BCUT2D eigenvalue weighted by Gasteiger charge is 2.36. The van der Waals surface area contributed by atoms with Crippen molar-refractivity contribution in [2.75, 3.05) is 12.0 Å². The highest BCUT2D eigenvalue weighted by molar-refractivity contribution is 7.90. The lowest BCUT2D eigenvalue weighted by atomic mass is 10.2. The minimum atomic E-state index is -3.13. The number of rotatable bonds is 8. The first-order valence-electron chi connectivity index (χ1n) is 8.88. The topological polar surface area (TPSA) is 67.3 Å². The van der Waals surface area contributed by atoms with Gasteiger partial charge in [0.15, 0.2) is 0 Å². The third-order valence-corrected chi connectivity index (χ3v) is 6.64. The number of halogens is 1. The summed E-state index contributed by atoms with van der Waals surface area (Å²) in [6, 6.07) is 7.51. The van der Waals surface area contributed by atoms with Gasteiger partial charge in [-0.1, -0.05) is 23.7 Å². The first kappa shape index (κ1) is 20.3. The second-order valence-corrected chi connectivity index (χ2v) is 10.8. The van der Waals surface area contributed by atoms with Gasteiger partial charge in [-0.2, -0.15) is 0 Å². The average Bonchev–Trinajstić information content (AvgIpc) is 3.26. The zero-order chi connectivity index (χ0) is 19.6. The standard InChI is InChI=1S/C19H23ClN2O3S2/c1-13(12-27(2,24)25)22(17-6-7-17)19(23)10-16-11-26-18(21-16)9-14-4-3-5-15(20)8-14/h3-5,8,11,13,17H,6-7,9-10,12H2,1-2H3. The summed E-state index contributed by atoms with van der Waals surface area (Å²) in [6.45, 7) is 1.81. The molecule has 0 spiro atoms. The second kappa shape index (κ2) is 8.29. The Balaban J connectivity index is 1.65. The minimum absolute atomic E-state index is 0.00762. The van der Waals surface area contributed by atoms with Crippen molar-refractivity contribution in [3.8, 4) is 0 Å². The van der Waals surface area contributed by atoms with E-state index >= 15 is 0 Å². The van der Waals surface area contributed by atoms with E-state index < -0.39 is 9.84 Å². The van der Waals surface area contributed by atoms with Crippen LogP contribution in [-0.2, 0) is 27.5 Å². The molecule has 8 heteroatoms. The fourth-order valence-electron chi connectivity index (χ4n) is 3.26. The molecule has 1 saturated carbocycles. The highest BCUT2D eigenvalue weighted by Crippen LogP contribution is 2.30. The molecule has 5 nitrogen and oxygen atoms in total. The van der Waals surface area contributed by atoms with E-state index in [1.165, 1.54) is 17.6 Å². The molecule has 1 fully saturated rings. The summed E-state index contributed by atoms with van der Waals surface area (Å²) in [5, 5.41) is 3.53. The van der Waals surface area contributed by atoms with Gasteiger partial charge in [-0.05, 0) is 37.5 Å². The normalized spacial score (nSPS) is 15.5. The Morgan fingerprint density at radius 3 is 2.78 bits per heavy atom. The lowest BCUT2D eigenvalue weighted by Gasteiger charge is -2.28. The molecule has 1 aromatic heterocycles. The molecule has 1 heterocycles. The fourth-order valence-corrected chi connectivity index (χ4v) is 5.34. The molecule has 0 saturated heterocycles. The van der Waals surface area contributed by atoms with E-state index in [1.54, 1.807) is 4.90 Å². The predicted octanol–water partition coefficient (Wildman–Crippen LogP) is 3.35. The van der Waals surface area contributed by atoms with Crippen LogP contribution < -0.4 is 0 Å². The maximum Gasteiger partial charge on any atom is 0.229 e. The van der Waals surface area contributed by atoms with Gasteiger partial charge >= 0.3 is 0 Å². The van der Waals surface area contributed by atoms with E-state index in [-0.39, 0.29) is 30.2 Å². The van der Waals surface area contributed by atoms with Crippen molar-refractivity contribution in [2.45, 2.75) is 44.7 Å². The third kappa shape index (κ3) is 6.02. The number of carbonyl (C=O) groups is 1. The van der Waals surface area contributed by atoms with Crippen LogP contribution in [0.25, 0.3) is 0 Å². The van der Waals surface area contributed by atoms with Crippen molar-refractivity contribution in [2.24, 2.45) is 0 Å². The van der Waals surface area contributed by atoms with Gasteiger partial charge in [0, 0.05) is 35.2 Å². The van der Waals surface area contributed by atoms with Crippen LogP contribution in [0.15, 0.2) is 29.6 Å². The van der Waals surface area contributed by atoms with Crippen molar-refractivity contribution >= 4 is 38.7 Å². The van der Waals surface area contributed by atoms with Crippen molar-refractivity contribution < 1.29 is 13.2 Å². The fraction of sp³-hybridized carbons (Fsp3) is 0.474. The highest BCUT2D eigenvalue weighted by atomic mass is 35.5. The first-order chi connectivity index (χ1) is 12.7. The van der Waals surface area contributed by atoms with E-state index in [0.717, 1.165) is 29.1 Å². The van der Waals surface area contributed by atoms with Gasteiger partial charge < -0.3 is 4.90 Å². The molecule has 1 unspecified atom stereocenters. The molecule has 3 rings (SSSR count). The number of hydrogen-bond donors (Lipinski definition) is 0. The van der Waals surface area contributed by atoms with E-state index in [1.807, 2.05) is 36.6 Å². The first-order valence-corrected chi connectivity index (χ1v) is 12.2. The molecule has 27 heavy (non-hydrogen) atoms. The SMILES string of the molecule is CC(CS(C)(=O)=O)N(C(=O)Cc1csc(Cc2cccc(Cl)c2)n1)C1CC1. The molecular weight excluding hydrogens is 404 g/mol. The van der Waals surface area contributed by atoms with Gasteiger partial charge in [-0.25, -0.2) is 13.4 Å². The molecule has 1 aliphatic carbocycles. The van der Waals surface area contributed by atoms with Gasteiger partial charge in [0.25, 0.3) is 0 Å². The number of amides is 1. The van der Waals surface area contributed by atoms with Crippen LogP contribution in [0, 0.1) is 0 Å². The molecule has 0 N–H and O–H groups in total. The van der Waals surface area contributed by atoms with Crippen molar-refractivity contribution in [3.05, 3.63) is 50.9 Å². The Bertz CT molecular complexity index is 923. The number of sulfone groups is 1. The number of hydrogen-bond acceptors (Lipinski definition) is 5. The summed E-state index contributed by atoms with van der Waals surface area (Å²) in [5.41, 5.74) is 1.82. The molecular formula is C19H23ClN2O3S2. The molecule has 0 bridgehead atoms. The number of benzene rings is 1. The number of carbonyl (C=O) groups excluding carboxylic acids is 1. The van der Waals surface area contributed by atoms with Crippen LogP contribution >= 0.6 is 22.9 Å². The summed E-state index contributed by atoms with van der Waals surface area (Å²) >= 11 is 7.55. The summed E-state index contributed by atoms with van der Waals surface area (Å²) in [7, 11) is -3.13. The van der Waals surface area contributed by atoms with Crippen molar-refractivity contribution in [1.82, 2.24) is 9.88 Å². The van der Waals surface area contributed by atoms with Crippen LogP contribution in [0.2, 0.25) is 5.02 Å². The predicted molar refractivity (Wildman–Crippen MR) is 109 cm³/mol. The number of nitrogens with zero attached hydrogens (tertiary/aromatic N) is 2. The molecule has 1 atom stereocenters. The molecule has 1 aromatic carbocycles. The van der Waals surface area contributed by atoms with E-state index in [0.29, 0.717) is 11.4 Å². The lowest BCUT2D eigenvalue weighted by Crippen LogP contribution is -2.44. The summed E-state index contributed by atoms with van der Waals surface area (Å²) in [5.74, 6) is -0.0555. The second-order valence-electron chi connectivity index (χ2n) is 7.19. The van der Waals surface area contributed by atoms with Gasteiger partial charge in [0.1, 0.15) is 9.84 Å². The van der Waals surface area contributed by atoms with Crippen molar-refractivity contribution in [1.29, 1.82) is 0 Å². The molecule has 0 radical (unpaired) electrons. The van der Waals surface area contributed by atoms with Crippen LogP contribution in [0.5, 0.6) is 0 Å². The van der Waals surface area contributed by atoms with Crippen LogP contribution in [0.1, 0.15) is 36.0 Å². The zero-order valence-electron chi connectivity index (χ0n) is 15.4. The van der Waals surface area contributed by atoms with Crippen LogP contribution in [0.4, 0.5) is 0 Å². The van der Waals surface area contributed by atoms with E-state index in [4.69, 9.17) is 11.6 Å². The van der Waals surface area contributed by atoms with Crippen LogP contribution in [0.3, 0.4) is 0 Å². The Hall–Kier alpha value is -1.44. The van der Waals surface area contributed by atoms with Crippen molar-refractivity contribution in [3.63, 3.8) is 0 Å². The molecule has 2 aromatic rings. The molecule has 0 aliphatic heterocycles. The van der Waals surface area contributed by atoms with Gasteiger partial charge in [0.05, 0.1) is 22.9 Å². The van der Waals surface area contributed by atoms with Gasteiger partial charge in [0.2, 0.25) is 5.91 Å². The molecule has 146 valence electrons. The summed E-state index contributed by atoms with van der Waals surface area (Å²) < 4.78 is 23.2. The number of thiazole rings is 1. The maximum atomic E-state index is 12.8. The van der Waals surface area contributed by atoms with Gasteiger partial charge in [-0.3, -0.25) is 4.79 Å². The Labute approximate surface area is 169 Å². The number of aromatic nitrogens is 1. The molecule has 1 amide bonds. The Morgan fingerprint density at radius 1 is 1.41 bits per heavy atom. The lowest BCUT2D eigenvalue weighted by molar-refractivity contribution is -0.132. The quantitative estimate of drug-likeness (QED) is 0.649. The third-order valence-electron chi connectivity index (χ3n) is 4.42. The van der Waals surface area contributed by atoms with Gasteiger partial charge in [-0.15, -0.1) is 11.3 Å². The van der Waals surface area contributed by atoms with E-state index in [9.17, 15) is 13.2 Å². The maximum absolute atomic E-state index is 12.8.